The Labute approximate surface area is 107 Å². The average molecular weight is 249 g/mol. The van der Waals surface area contributed by atoms with Crippen molar-refractivity contribution in [2.45, 2.75) is 25.4 Å². The van der Waals surface area contributed by atoms with Crippen molar-refractivity contribution in [3.8, 4) is 5.75 Å². The SMILES string of the molecule is CN1CC(Oc2ccccc2CCCC(=O)O)C1. The van der Waals surface area contributed by atoms with Gasteiger partial charge in [0.1, 0.15) is 11.9 Å². The predicted octanol–water partition coefficient (Wildman–Crippen LogP) is 1.79. The number of carbonyl (C=O) groups is 1. The van der Waals surface area contributed by atoms with Gasteiger partial charge in [-0.3, -0.25) is 9.69 Å². The van der Waals surface area contributed by atoms with E-state index in [2.05, 4.69) is 11.9 Å². The maximum Gasteiger partial charge on any atom is 0.303 e. The van der Waals surface area contributed by atoms with E-state index in [1.54, 1.807) is 0 Å². The minimum atomic E-state index is -0.742. The first-order valence-electron chi connectivity index (χ1n) is 6.30. The number of nitrogens with zero attached hydrogens (tertiary/aromatic N) is 1. The van der Waals surface area contributed by atoms with Crippen LogP contribution in [0.5, 0.6) is 5.75 Å². The molecule has 0 atom stereocenters. The Kier molecular flexibility index (Phi) is 4.20. The third-order valence-corrected chi connectivity index (χ3v) is 3.13. The van der Waals surface area contributed by atoms with Crippen molar-refractivity contribution >= 4 is 5.97 Å². The zero-order chi connectivity index (χ0) is 13.0. The van der Waals surface area contributed by atoms with Gasteiger partial charge in [0.2, 0.25) is 0 Å². The second-order valence-electron chi connectivity index (χ2n) is 4.82. The molecule has 1 aliphatic rings. The summed E-state index contributed by atoms with van der Waals surface area (Å²) in [4.78, 5) is 12.7. The number of hydrogen-bond acceptors (Lipinski definition) is 3. The van der Waals surface area contributed by atoms with Crippen LogP contribution in [-0.2, 0) is 11.2 Å². The zero-order valence-corrected chi connectivity index (χ0v) is 10.6. The topological polar surface area (TPSA) is 49.8 Å². The van der Waals surface area contributed by atoms with Crippen LogP contribution in [0.25, 0.3) is 0 Å². The number of aliphatic carboxylic acids is 1. The third kappa shape index (κ3) is 3.47. The van der Waals surface area contributed by atoms with Gasteiger partial charge in [0.25, 0.3) is 0 Å². The number of para-hydroxylation sites is 1. The highest BCUT2D eigenvalue weighted by molar-refractivity contribution is 5.66. The first kappa shape index (κ1) is 12.9. The lowest BCUT2D eigenvalue weighted by Gasteiger charge is -2.36. The van der Waals surface area contributed by atoms with E-state index in [9.17, 15) is 4.79 Å². The summed E-state index contributed by atoms with van der Waals surface area (Å²) in [5.74, 6) is 0.162. The summed E-state index contributed by atoms with van der Waals surface area (Å²) in [6.45, 7) is 1.92. The van der Waals surface area contributed by atoms with Crippen LogP contribution in [0.15, 0.2) is 24.3 Å². The van der Waals surface area contributed by atoms with Crippen LogP contribution in [0.4, 0.5) is 0 Å². The van der Waals surface area contributed by atoms with E-state index in [-0.39, 0.29) is 12.5 Å². The molecule has 1 heterocycles. The summed E-state index contributed by atoms with van der Waals surface area (Å²) in [7, 11) is 2.07. The van der Waals surface area contributed by atoms with Gasteiger partial charge in [0.15, 0.2) is 0 Å². The Morgan fingerprint density at radius 1 is 1.44 bits per heavy atom. The predicted molar refractivity (Wildman–Crippen MR) is 68.9 cm³/mol. The van der Waals surface area contributed by atoms with E-state index in [1.807, 2.05) is 24.3 Å². The summed E-state index contributed by atoms with van der Waals surface area (Å²) in [6.07, 6.45) is 1.89. The molecule has 0 radical (unpaired) electrons. The van der Waals surface area contributed by atoms with Crippen molar-refractivity contribution < 1.29 is 14.6 Å². The second-order valence-corrected chi connectivity index (χ2v) is 4.82. The lowest BCUT2D eigenvalue weighted by Crippen LogP contribution is -2.51. The van der Waals surface area contributed by atoms with Crippen LogP contribution < -0.4 is 4.74 Å². The highest BCUT2D eigenvalue weighted by Crippen LogP contribution is 2.23. The Bertz CT molecular complexity index is 413. The van der Waals surface area contributed by atoms with Crippen LogP contribution in [-0.4, -0.2) is 42.2 Å². The van der Waals surface area contributed by atoms with Crippen molar-refractivity contribution in [1.82, 2.24) is 4.90 Å². The van der Waals surface area contributed by atoms with E-state index in [1.165, 1.54) is 0 Å². The van der Waals surface area contributed by atoms with Crippen LogP contribution in [0.3, 0.4) is 0 Å². The fourth-order valence-corrected chi connectivity index (χ4v) is 2.15. The monoisotopic (exact) mass is 249 g/mol. The smallest absolute Gasteiger partial charge is 0.303 e. The molecule has 1 aromatic carbocycles. The minimum Gasteiger partial charge on any atom is -0.487 e. The van der Waals surface area contributed by atoms with Crippen LogP contribution in [0, 0.1) is 0 Å². The van der Waals surface area contributed by atoms with Gasteiger partial charge in [-0.2, -0.15) is 0 Å². The van der Waals surface area contributed by atoms with E-state index in [0.717, 1.165) is 30.8 Å². The quantitative estimate of drug-likeness (QED) is 0.835. The molecule has 0 aliphatic carbocycles. The van der Waals surface area contributed by atoms with Crippen LogP contribution >= 0.6 is 0 Å². The lowest BCUT2D eigenvalue weighted by atomic mass is 10.1. The molecule has 1 N–H and O–H groups in total. The molecule has 4 heteroatoms. The van der Waals surface area contributed by atoms with Gasteiger partial charge in [0.05, 0.1) is 0 Å². The van der Waals surface area contributed by atoms with Crippen LogP contribution in [0.2, 0.25) is 0 Å². The molecular formula is C14H19NO3. The first-order valence-corrected chi connectivity index (χ1v) is 6.30. The van der Waals surface area contributed by atoms with Gasteiger partial charge in [-0.15, -0.1) is 0 Å². The molecular weight excluding hydrogens is 230 g/mol. The molecule has 98 valence electrons. The Hall–Kier alpha value is -1.55. The Morgan fingerprint density at radius 2 is 2.17 bits per heavy atom. The molecule has 0 bridgehead atoms. The summed E-state index contributed by atoms with van der Waals surface area (Å²) in [5, 5.41) is 8.65. The largest absolute Gasteiger partial charge is 0.487 e. The number of rotatable bonds is 6. The Morgan fingerprint density at radius 3 is 2.83 bits per heavy atom. The Balaban J connectivity index is 1.90. The van der Waals surface area contributed by atoms with Crippen molar-refractivity contribution in [3.63, 3.8) is 0 Å². The average Bonchev–Trinajstić information content (AvgIpc) is 2.29. The van der Waals surface area contributed by atoms with Crippen LogP contribution in [0.1, 0.15) is 18.4 Å². The molecule has 1 fully saturated rings. The number of likely N-dealkylation sites (N-methyl/N-ethyl adjacent to an activating group) is 1. The molecule has 0 saturated carbocycles. The van der Waals surface area contributed by atoms with Crippen molar-refractivity contribution in [2.24, 2.45) is 0 Å². The van der Waals surface area contributed by atoms with E-state index in [0.29, 0.717) is 6.42 Å². The summed E-state index contributed by atoms with van der Waals surface area (Å²) >= 11 is 0. The number of ether oxygens (including phenoxy) is 1. The highest BCUT2D eigenvalue weighted by Gasteiger charge is 2.25. The number of carboxylic acids is 1. The van der Waals surface area contributed by atoms with Crippen molar-refractivity contribution in [1.29, 1.82) is 0 Å². The van der Waals surface area contributed by atoms with E-state index in [4.69, 9.17) is 9.84 Å². The molecule has 1 saturated heterocycles. The second kappa shape index (κ2) is 5.87. The molecule has 1 aromatic rings. The molecule has 0 amide bonds. The highest BCUT2D eigenvalue weighted by atomic mass is 16.5. The molecule has 18 heavy (non-hydrogen) atoms. The lowest BCUT2D eigenvalue weighted by molar-refractivity contribution is -0.137. The number of aryl methyl sites for hydroxylation is 1. The number of carboxylic acid groups (broad SMARTS) is 1. The van der Waals surface area contributed by atoms with Gasteiger partial charge < -0.3 is 9.84 Å². The van der Waals surface area contributed by atoms with Crippen molar-refractivity contribution in [3.05, 3.63) is 29.8 Å². The van der Waals surface area contributed by atoms with Gasteiger partial charge >= 0.3 is 5.97 Å². The van der Waals surface area contributed by atoms with Gasteiger partial charge in [-0.25, -0.2) is 0 Å². The normalized spacial score (nSPS) is 16.3. The molecule has 4 nitrogen and oxygen atoms in total. The van der Waals surface area contributed by atoms with Gasteiger partial charge in [0, 0.05) is 19.5 Å². The fraction of sp³-hybridized carbons (Fsp3) is 0.500. The third-order valence-electron chi connectivity index (χ3n) is 3.13. The number of benzene rings is 1. The number of likely N-dealkylation sites (tertiary alicyclic amines) is 1. The van der Waals surface area contributed by atoms with E-state index >= 15 is 0 Å². The summed E-state index contributed by atoms with van der Waals surface area (Å²) < 4.78 is 5.92. The first-order chi connectivity index (χ1) is 8.65. The van der Waals surface area contributed by atoms with Gasteiger partial charge in [-0.1, -0.05) is 18.2 Å². The molecule has 1 aliphatic heterocycles. The fourth-order valence-electron chi connectivity index (χ4n) is 2.15. The maximum absolute atomic E-state index is 10.5. The molecule has 0 spiro atoms. The summed E-state index contributed by atoms with van der Waals surface area (Å²) in [5.41, 5.74) is 1.10. The zero-order valence-electron chi connectivity index (χ0n) is 10.6. The molecule has 0 unspecified atom stereocenters. The standard InChI is InChI=1S/C14H19NO3/c1-15-9-12(10-15)18-13-7-3-2-5-11(13)6-4-8-14(16)17/h2-3,5,7,12H,4,6,8-10H2,1H3,(H,16,17). The number of hydrogen-bond donors (Lipinski definition) is 1. The van der Waals surface area contributed by atoms with E-state index < -0.39 is 5.97 Å². The molecule has 0 aromatic heterocycles. The maximum atomic E-state index is 10.5. The molecule has 2 rings (SSSR count). The minimum absolute atomic E-state index is 0.209. The van der Waals surface area contributed by atoms with Crippen molar-refractivity contribution in [2.75, 3.05) is 20.1 Å². The summed E-state index contributed by atoms with van der Waals surface area (Å²) in [6, 6.07) is 7.91. The van der Waals surface area contributed by atoms with Gasteiger partial charge in [-0.05, 0) is 31.5 Å².